The van der Waals surface area contributed by atoms with E-state index in [1.165, 1.54) is 68.2 Å². The van der Waals surface area contributed by atoms with E-state index in [0.29, 0.717) is 0 Å². The second kappa shape index (κ2) is 14.7. The normalized spacial score (nSPS) is 11.0. The van der Waals surface area contributed by atoms with E-state index in [9.17, 15) is 0 Å². The van der Waals surface area contributed by atoms with Crippen molar-refractivity contribution in [1.29, 1.82) is 0 Å². The number of rotatable bonds is 4. The van der Waals surface area contributed by atoms with Crippen LogP contribution in [0.5, 0.6) is 0 Å². The summed E-state index contributed by atoms with van der Waals surface area (Å²) < 4.78 is 5.32. The second-order valence-corrected chi connectivity index (χ2v) is 14.5. The van der Waals surface area contributed by atoms with Gasteiger partial charge in [0.15, 0.2) is 0 Å². The fraction of sp³-hybridized carbons (Fsp3) is 0.0213. The zero-order valence-corrected chi connectivity index (χ0v) is 32.2. The van der Waals surface area contributed by atoms with Gasteiger partial charge in [0, 0.05) is 84.0 Å². The summed E-state index contributed by atoms with van der Waals surface area (Å²) in [5.41, 5.74) is 10.2. The Hall–Kier alpha value is -5.29. The van der Waals surface area contributed by atoms with E-state index in [1.54, 1.807) is 6.20 Å². The van der Waals surface area contributed by atoms with Gasteiger partial charge < -0.3 is 9.97 Å². The van der Waals surface area contributed by atoms with E-state index in [1.807, 2.05) is 83.5 Å². The summed E-state index contributed by atoms with van der Waals surface area (Å²) in [4.78, 5) is 9.05. The first kappa shape index (κ1) is 33.8. The molecule has 0 amide bonds. The van der Waals surface area contributed by atoms with E-state index in [4.69, 9.17) is 4.98 Å². The first-order valence-electron chi connectivity index (χ1n) is 16.9. The quantitative estimate of drug-likeness (QED) is 0.165. The number of hydrogen-bond donors (Lipinski definition) is 0. The third kappa shape index (κ3) is 6.16. The standard InChI is InChI=1S/C36H22NS2.C11H8N.Ir/c1-22-21-37-28(23-12-4-2-5-13-23)20-27(22)34-31(24-14-6-3-7-15-24)35-32(25-16-8-10-18-29(25)38-35)33-26-17-9-11-19-30(26)39-36(33)34;1-2-6-10(7-3-1)11-8-4-5-9-12-11;/h2-12,14-21H,1H3;1-6,8-9H;/q2*-1;. The van der Waals surface area contributed by atoms with Crippen molar-refractivity contribution in [2.75, 3.05) is 0 Å². The molecule has 0 N–H and O–H groups in total. The van der Waals surface area contributed by atoms with Gasteiger partial charge in [0.2, 0.25) is 0 Å². The number of fused-ring (bicyclic) bond motifs is 7. The van der Waals surface area contributed by atoms with Crippen molar-refractivity contribution in [1.82, 2.24) is 9.97 Å². The van der Waals surface area contributed by atoms with Crippen LogP contribution in [0.4, 0.5) is 0 Å². The molecule has 52 heavy (non-hydrogen) atoms. The molecule has 0 saturated carbocycles. The number of pyridine rings is 2. The fourth-order valence-corrected chi connectivity index (χ4v) is 9.43. The predicted octanol–water partition coefficient (Wildman–Crippen LogP) is 13.5. The monoisotopic (exact) mass is 879 g/mol. The van der Waals surface area contributed by atoms with E-state index in [0.717, 1.165) is 22.5 Å². The van der Waals surface area contributed by atoms with Crippen molar-refractivity contribution >= 4 is 63.0 Å². The summed E-state index contributed by atoms with van der Waals surface area (Å²) >= 11 is 3.81. The number of benzene rings is 6. The van der Waals surface area contributed by atoms with Gasteiger partial charge in [-0.1, -0.05) is 84.9 Å². The summed E-state index contributed by atoms with van der Waals surface area (Å²) in [6.07, 6.45) is 3.81. The number of aromatic nitrogens is 2. The molecule has 10 aromatic rings. The van der Waals surface area contributed by atoms with Crippen molar-refractivity contribution < 1.29 is 20.1 Å². The summed E-state index contributed by atoms with van der Waals surface area (Å²) in [7, 11) is 0. The minimum Gasteiger partial charge on any atom is -0.305 e. The third-order valence-electron chi connectivity index (χ3n) is 9.21. The number of hydrogen-bond acceptors (Lipinski definition) is 4. The molecule has 6 aromatic carbocycles. The smallest absolute Gasteiger partial charge is 0.0447 e. The number of nitrogens with zero attached hydrogens (tertiary/aromatic N) is 2. The third-order valence-corrected chi connectivity index (χ3v) is 11.6. The van der Waals surface area contributed by atoms with Crippen LogP contribution in [0, 0.1) is 19.1 Å². The molecule has 4 aromatic heterocycles. The zero-order valence-electron chi connectivity index (χ0n) is 28.1. The van der Waals surface area contributed by atoms with Gasteiger partial charge >= 0.3 is 0 Å². The van der Waals surface area contributed by atoms with Crippen LogP contribution < -0.4 is 0 Å². The Morgan fingerprint density at radius 1 is 0.519 bits per heavy atom. The molecular formula is C47H30IrN2S2-2. The first-order valence-corrected chi connectivity index (χ1v) is 18.5. The summed E-state index contributed by atoms with van der Waals surface area (Å²) in [5.74, 6) is 0. The van der Waals surface area contributed by atoms with Crippen LogP contribution in [0.25, 0.3) is 85.1 Å². The van der Waals surface area contributed by atoms with E-state index >= 15 is 0 Å². The molecule has 0 fully saturated rings. The molecular weight excluding hydrogens is 849 g/mol. The summed E-state index contributed by atoms with van der Waals surface area (Å²) in [5, 5.41) is 5.40. The minimum absolute atomic E-state index is 0. The summed E-state index contributed by atoms with van der Waals surface area (Å²) in [6.45, 7) is 2.18. The SMILES string of the molecule is Cc1cnc(-c2[c-]cccc2)cc1-c1c(-c2ccccc2)c2sc3ccccc3c2c2c1sc1ccccc12.[Ir].[c-]1ccccc1-c1ccccn1. The van der Waals surface area contributed by atoms with Gasteiger partial charge in [0.25, 0.3) is 0 Å². The van der Waals surface area contributed by atoms with Crippen LogP contribution in [0.1, 0.15) is 5.56 Å². The van der Waals surface area contributed by atoms with E-state index < -0.39 is 0 Å². The molecule has 10 rings (SSSR count). The Bertz CT molecular complexity index is 2760. The Morgan fingerprint density at radius 2 is 1.08 bits per heavy atom. The Balaban J connectivity index is 0.000000253. The molecule has 0 saturated heterocycles. The first-order chi connectivity index (χ1) is 25.2. The molecule has 0 aliphatic carbocycles. The van der Waals surface area contributed by atoms with Crippen molar-refractivity contribution in [2.45, 2.75) is 6.92 Å². The molecule has 0 aliphatic rings. The summed E-state index contributed by atoms with van der Waals surface area (Å²) in [6, 6.07) is 59.2. The Labute approximate surface area is 324 Å². The topological polar surface area (TPSA) is 25.8 Å². The molecule has 0 atom stereocenters. The largest absolute Gasteiger partial charge is 0.305 e. The fourth-order valence-electron chi connectivity index (χ4n) is 6.87. The van der Waals surface area contributed by atoms with Gasteiger partial charge in [0.05, 0.1) is 0 Å². The number of aryl methyl sites for hydroxylation is 1. The van der Waals surface area contributed by atoms with Crippen LogP contribution in [-0.2, 0) is 20.1 Å². The van der Waals surface area contributed by atoms with Gasteiger partial charge in [0.1, 0.15) is 0 Å². The van der Waals surface area contributed by atoms with Crippen molar-refractivity contribution in [3.8, 4) is 44.8 Å². The molecule has 0 spiro atoms. The average molecular weight is 879 g/mol. The molecule has 0 aliphatic heterocycles. The molecule has 0 bridgehead atoms. The van der Waals surface area contributed by atoms with Crippen molar-refractivity contribution in [3.05, 3.63) is 182 Å². The van der Waals surface area contributed by atoms with Crippen LogP contribution in [-0.4, -0.2) is 9.97 Å². The van der Waals surface area contributed by atoms with Gasteiger partial charge in [-0.25, -0.2) is 0 Å². The Kier molecular flexibility index (Phi) is 9.60. The molecule has 1 radical (unpaired) electrons. The van der Waals surface area contributed by atoms with Gasteiger partial charge in [-0.15, -0.1) is 94.5 Å². The van der Waals surface area contributed by atoms with Gasteiger partial charge in [-0.3, -0.25) is 0 Å². The van der Waals surface area contributed by atoms with Gasteiger partial charge in [-0.2, -0.15) is 0 Å². The van der Waals surface area contributed by atoms with Gasteiger partial charge in [-0.05, 0) is 53.2 Å². The minimum atomic E-state index is 0. The Morgan fingerprint density at radius 3 is 1.67 bits per heavy atom. The molecule has 2 nitrogen and oxygen atoms in total. The van der Waals surface area contributed by atoms with E-state index in [-0.39, 0.29) is 20.1 Å². The van der Waals surface area contributed by atoms with Crippen LogP contribution >= 0.6 is 22.7 Å². The molecule has 0 unspecified atom stereocenters. The molecule has 5 heteroatoms. The van der Waals surface area contributed by atoms with Crippen molar-refractivity contribution in [3.63, 3.8) is 0 Å². The predicted molar refractivity (Wildman–Crippen MR) is 218 cm³/mol. The van der Waals surface area contributed by atoms with Crippen molar-refractivity contribution in [2.24, 2.45) is 0 Å². The maximum absolute atomic E-state index is 4.83. The van der Waals surface area contributed by atoms with Crippen LogP contribution in [0.3, 0.4) is 0 Å². The maximum atomic E-state index is 4.83. The average Bonchev–Trinajstić information content (AvgIpc) is 3.78. The van der Waals surface area contributed by atoms with Crippen LogP contribution in [0.15, 0.2) is 164 Å². The molecule has 251 valence electrons. The van der Waals surface area contributed by atoms with Crippen LogP contribution in [0.2, 0.25) is 0 Å². The maximum Gasteiger partial charge on any atom is 0.0447 e. The second-order valence-electron chi connectivity index (χ2n) is 12.4. The zero-order chi connectivity index (χ0) is 34.1. The van der Waals surface area contributed by atoms with E-state index in [2.05, 4.69) is 121 Å². The number of thiophene rings is 2. The molecule has 4 heterocycles.